The predicted molar refractivity (Wildman–Crippen MR) is 149 cm³/mol. The van der Waals surface area contributed by atoms with E-state index in [0.29, 0.717) is 37.3 Å². The highest BCUT2D eigenvalue weighted by Crippen LogP contribution is 2.34. The van der Waals surface area contributed by atoms with E-state index in [9.17, 15) is 31.9 Å². The van der Waals surface area contributed by atoms with Crippen molar-refractivity contribution in [3.05, 3.63) is 49.9 Å². The Morgan fingerprint density at radius 2 is 1.76 bits per heavy atom. The Balaban J connectivity index is 1.66. The number of halogens is 5. The van der Waals surface area contributed by atoms with Gasteiger partial charge in [0.2, 0.25) is 16.4 Å². The molecule has 1 aliphatic heterocycles. The van der Waals surface area contributed by atoms with Gasteiger partial charge in [0.1, 0.15) is 23.7 Å². The van der Waals surface area contributed by atoms with Gasteiger partial charge in [0.15, 0.2) is 0 Å². The Labute approximate surface area is 246 Å². The van der Waals surface area contributed by atoms with Gasteiger partial charge in [-0.25, -0.2) is 9.18 Å². The van der Waals surface area contributed by atoms with Crippen LogP contribution in [0.25, 0.3) is 5.78 Å². The fourth-order valence-corrected chi connectivity index (χ4v) is 5.03. The third-order valence-electron chi connectivity index (χ3n) is 6.58. The Hall–Kier alpha value is -3.69. The molecular formula is C26H30BrF4N7O4. The van der Waals surface area contributed by atoms with Crippen LogP contribution in [0.4, 0.5) is 33.7 Å². The van der Waals surface area contributed by atoms with Crippen LogP contribution in [0.1, 0.15) is 44.5 Å². The number of benzene rings is 1. The van der Waals surface area contributed by atoms with Gasteiger partial charge in [-0.05, 0) is 67.7 Å². The molecule has 0 unspecified atom stereocenters. The van der Waals surface area contributed by atoms with Crippen LogP contribution in [0.2, 0.25) is 0 Å². The topological polar surface area (TPSA) is 114 Å². The molecule has 3 aromatic rings. The molecule has 1 aromatic carbocycles. The zero-order valence-electron chi connectivity index (χ0n) is 23.6. The van der Waals surface area contributed by atoms with Gasteiger partial charge in [0.05, 0.1) is 11.3 Å². The van der Waals surface area contributed by atoms with Gasteiger partial charge < -0.3 is 24.4 Å². The van der Waals surface area contributed by atoms with E-state index in [2.05, 4.69) is 31.3 Å². The van der Waals surface area contributed by atoms with Gasteiger partial charge in [-0.3, -0.25) is 9.59 Å². The van der Waals surface area contributed by atoms with Crippen molar-refractivity contribution in [1.29, 1.82) is 0 Å². The van der Waals surface area contributed by atoms with Crippen molar-refractivity contribution in [2.75, 3.05) is 36.4 Å². The largest absolute Gasteiger partial charge is 0.444 e. The zero-order chi connectivity index (χ0) is 31.1. The minimum Gasteiger partial charge on any atom is -0.444 e. The van der Waals surface area contributed by atoms with E-state index in [1.54, 1.807) is 37.5 Å². The number of carbonyl (C=O) groups is 2. The molecule has 0 aliphatic carbocycles. The summed E-state index contributed by atoms with van der Waals surface area (Å²) in [6.07, 6.45) is -5.04. The van der Waals surface area contributed by atoms with E-state index >= 15 is 0 Å². The van der Waals surface area contributed by atoms with Crippen LogP contribution in [0.3, 0.4) is 0 Å². The van der Waals surface area contributed by atoms with E-state index in [1.807, 2.05) is 0 Å². The second-order valence-electron chi connectivity index (χ2n) is 10.8. The number of nitrogens with one attached hydrogen (secondary N) is 1. The average Bonchev–Trinajstić information content (AvgIpc) is 3.27. The smallest absolute Gasteiger partial charge is 0.419 e. The summed E-state index contributed by atoms with van der Waals surface area (Å²) in [5, 5.41) is 6.59. The highest BCUT2D eigenvalue weighted by molar-refractivity contribution is 9.10. The molecule has 3 heterocycles. The van der Waals surface area contributed by atoms with Gasteiger partial charge in [0.25, 0.3) is 5.56 Å². The first-order valence-electron chi connectivity index (χ1n) is 13.1. The maximum absolute atomic E-state index is 14.2. The van der Waals surface area contributed by atoms with E-state index in [4.69, 9.17) is 4.74 Å². The number of carbonyl (C=O) groups excluding carboxylic acids is 2. The molecule has 0 bridgehead atoms. The minimum absolute atomic E-state index is 0.0200. The summed E-state index contributed by atoms with van der Waals surface area (Å²) >= 11 is 3.17. The predicted octanol–water partition coefficient (Wildman–Crippen LogP) is 4.38. The number of hydrogen-bond acceptors (Lipinski definition) is 7. The first kappa shape index (κ1) is 31.3. The molecule has 11 nitrogen and oxygen atoms in total. The Kier molecular flexibility index (Phi) is 8.58. The monoisotopic (exact) mass is 659 g/mol. The van der Waals surface area contributed by atoms with Crippen molar-refractivity contribution in [2.45, 2.75) is 59.4 Å². The number of anilines is 2. The SMILES string of the molecule is CCc1c(N2CCN(C(=O)OC(C)(C)C)CC2)c(=O)n2nc(Br)nc2n1CC(=O)Nc1cc(F)c(C(F)(F)F)cc1C. The summed E-state index contributed by atoms with van der Waals surface area (Å²) in [4.78, 5) is 46.9. The molecule has 1 saturated heterocycles. The molecule has 0 atom stereocenters. The van der Waals surface area contributed by atoms with Crippen LogP contribution in [-0.2, 0) is 28.7 Å². The first-order valence-corrected chi connectivity index (χ1v) is 13.9. The van der Waals surface area contributed by atoms with E-state index in [0.717, 1.165) is 4.52 Å². The second kappa shape index (κ2) is 11.5. The lowest BCUT2D eigenvalue weighted by Crippen LogP contribution is -2.51. The van der Waals surface area contributed by atoms with Crippen molar-refractivity contribution in [3.63, 3.8) is 0 Å². The molecule has 228 valence electrons. The standard InChI is InChI=1S/C26H30BrF4N7O4/c1-6-18-20(35-7-9-36(10-8-35)24(41)42-25(3,4)5)21(40)38-23(33-22(27)34-38)37(18)13-19(39)32-17-12-16(28)15(11-14(17)2)26(29,30)31/h11-12H,6-10,13H2,1-5H3,(H,32,39). The van der Waals surface area contributed by atoms with Crippen LogP contribution < -0.4 is 15.8 Å². The summed E-state index contributed by atoms with van der Waals surface area (Å²) in [6.45, 7) is 9.22. The fraction of sp³-hybridized carbons (Fsp3) is 0.500. The molecule has 42 heavy (non-hydrogen) atoms. The van der Waals surface area contributed by atoms with Crippen LogP contribution in [0.5, 0.6) is 0 Å². The van der Waals surface area contributed by atoms with Crippen molar-refractivity contribution in [1.82, 2.24) is 24.1 Å². The Morgan fingerprint density at radius 3 is 2.33 bits per heavy atom. The molecule has 1 aliphatic rings. The van der Waals surface area contributed by atoms with Gasteiger partial charge in [-0.15, -0.1) is 5.10 Å². The van der Waals surface area contributed by atoms with Gasteiger partial charge >= 0.3 is 12.3 Å². The summed E-state index contributed by atoms with van der Waals surface area (Å²) in [5.74, 6) is -2.14. The number of hydrogen-bond donors (Lipinski definition) is 1. The minimum atomic E-state index is -4.88. The van der Waals surface area contributed by atoms with Crippen LogP contribution in [-0.4, -0.2) is 67.8 Å². The molecule has 1 N–H and O–H groups in total. The lowest BCUT2D eigenvalue weighted by atomic mass is 10.1. The number of aromatic nitrogens is 4. The number of alkyl halides is 3. The third-order valence-corrected chi connectivity index (χ3v) is 6.91. The molecular weight excluding hydrogens is 630 g/mol. The van der Waals surface area contributed by atoms with E-state index < -0.39 is 47.3 Å². The fourth-order valence-electron chi connectivity index (χ4n) is 4.71. The zero-order valence-corrected chi connectivity index (χ0v) is 25.2. The number of ether oxygens (including phenoxy) is 1. The summed E-state index contributed by atoms with van der Waals surface area (Å²) in [7, 11) is 0. The highest BCUT2D eigenvalue weighted by atomic mass is 79.9. The molecule has 16 heteroatoms. The van der Waals surface area contributed by atoms with Gasteiger partial charge in [-0.2, -0.15) is 22.7 Å². The van der Waals surface area contributed by atoms with Gasteiger partial charge in [-0.1, -0.05) is 6.92 Å². The van der Waals surface area contributed by atoms with Gasteiger partial charge in [0, 0.05) is 31.9 Å². The number of fused-ring (bicyclic) bond motifs is 1. The number of amides is 2. The molecule has 4 rings (SSSR count). The lowest BCUT2D eigenvalue weighted by Gasteiger charge is -2.37. The third kappa shape index (κ3) is 6.52. The van der Waals surface area contributed by atoms with Crippen LogP contribution >= 0.6 is 15.9 Å². The maximum atomic E-state index is 14.2. The highest BCUT2D eigenvalue weighted by Gasteiger charge is 2.35. The summed E-state index contributed by atoms with van der Waals surface area (Å²) in [6, 6.07) is 1.26. The molecule has 2 aromatic heterocycles. The van der Waals surface area contributed by atoms with Crippen LogP contribution in [0.15, 0.2) is 21.7 Å². The lowest BCUT2D eigenvalue weighted by molar-refractivity contribution is -0.140. The van der Waals surface area contributed by atoms with E-state index in [1.165, 1.54) is 11.5 Å². The molecule has 0 saturated carbocycles. The molecule has 0 spiro atoms. The quantitative estimate of drug-likeness (QED) is 0.405. The first-order chi connectivity index (χ1) is 19.5. The number of piperazine rings is 1. The van der Waals surface area contributed by atoms with Crippen LogP contribution in [0, 0.1) is 12.7 Å². The number of rotatable bonds is 5. The normalized spacial score (nSPS) is 14.4. The molecule has 0 radical (unpaired) electrons. The van der Waals surface area contributed by atoms with Crippen molar-refractivity contribution in [3.8, 4) is 0 Å². The van der Waals surface area contributed by atoms with Crippen molar-refractivity contribution in [2.24, 2.45) is 0 Å². The summed E-state index contributed by atoms with van der Waals surface area (Å²) in [5.41, 5.74) is -1.93. The van der Waals surface area contributed by atoms with E-state index in [-0.39, 0.29) is 40.5 Å². The van der Waals surface area contributed by atoms with Crippen molar-refractivity contribution < 1.29 is 31.9 Å². The average molecular weight is 660 g/mol. The maximum Gasteiger partial charge on any atom is 0.419 e. The van der Waals surface area contributed by atoms with Crippen molar-refractivity contribution >= 4 is 45.1 Å². The number of nitrogens with zero attached hydrogens (tertiary/aromatic N) is 6. The number of aryl methyl sites for hydroxylation is 1. The second-order valence-corrected chi connectivity index (χ2v) is 11.5. The molecule has 1 fully saturated rings. The Bertz CT molecular complexity index is 1590. The molecule has 2 amide bonds. The Morgan fingerprint density at radius 1 is 1.12 bits per heavy atom. The summed E-state index contributed by atoms with van der Waals surface area (Å²) < 4.78 is 61.6.